The lowest BCUT2D eigenvalue weighted by Crippen LogP contribution is -2.47. The van der Waals surface area contributed by atoms with Gasteiger partial charge in [-0.05, 0) is 68.0 Å². The molecule has 0 bridgehead atoms. The minimum Gasteiger partial charge on any atom is -0.351 e. The Bertz CT molecular complexity index is 1250. The van der Waals surface area contributed by atoms with Crippen LogP contribution in [0.15, 0.2) is 72.9 Å². The Kier molecular flexibility index (Phi) is 10.4. The third kappa shape index (κ3) is 8.01. The van der Waals surface area contributed by atoms with Gasteiger partial charge in [-0.2, -0.15) is 0 Å². The van der Waals surface area contributed by atoms with E-state index in [4.69, 9.17) is 0 Å². The number of rotatable bonds is 11. The van der Waals surface area contributed by atoms with Gasteiger partial charge < -0.3 is 10.6 Å². The van der Waals surface area contributed by atoms with Crippen molar-refractivity contribution in [3.8, 4) is 0 Å². The van der Waals surface area contributed by atoms with Crippen LogP contribution in [-0.4, -0.2) is 28.7 Å². The summed E-state index contributed by atoms with van der Waals surface area (Å²) in [5.41, 5.74) is 3.67. The van der Waals surface area contributed by atoms with E-state index in [-0.39, 0.29) is 36.6 Å². The molecule has 3 amide bonds. The summed E-state index contributed by atoms with van der Waals surface area (Å²) in [6.07, 6.45) is 8.45. The highest BCUT2D eigenvalue weighted by molar-refractivity contribution is 6.01. The first-order valence-corrected chi connectivity index (χ1v) is 14.4. The monoisotopic (exact) mass is 540 g/mol. The van der Waals surface area contributed by atoms with Gasteiger partial charge in [-0.15, -0.1) is 0 Å². The van der Waals surface area contributed by atoms with Crippen molar-refractivity contribution >= 4 is 29.2 Å². The summed E-state index contributed by atoms with van der Waals surface area (Å²) in [6, 6.07) is 20.3. The molecule has 210 valence electrons. The topological polar surface area (TPSA) is 91.4 Å². The zero-order valence-corrected chi connectivity index (χ0v) is 23.6. The summed E-state index contributed by atoms with van der Waals surface area (Å²) >= 11 is 0. The molecule has 2 N–H and O–H groups in total. The van der Waals surface area contributed by atoms with Gasteiger partial charge in [0.15, 0.2) is 0 Å². The van der Waals surface area contributed by atoms with Gasteiger partial charge in [-0.3, -0.25) is 19.3 Å². The van der Waals surface area contributed by atoms with Crippen molar-refractivity contribution in [2.75, 3.05) is 10.2 Å². The van der Waals surface area contributed by atoms with Crippen molar-refractivity contribution in [2.24, 2.45) is 0 Å². The predicted molar refractivity (Wildman–Crippen MR) is 159 cm³/mol. The minimum atomic E-state index is -0.815. The minimum absolute atomic E-state index is 0.115. The van der Waals surface area contributed by atoms with Gasteiger partial charge in [0.2, 0.25) is 17.7 Å². The van der Waals surface area contributed by atoms with Gasteiger partial charge >= 0.3 is 0 Å². The largest absolute Gasteiger partial charge is 0.351 e. The van der Waals surface area contributed by atoms with Crippen LogP contribution in [0.2, 0.25) is 0 Å². The maximum absolute atomic E-state index is 13.9. The smallest absolute Gasteiger partial charge is 0.248 e. The van der Waals surface area contributed by atoms with Gasteiger partial charge in [0, 0.05) is 30.8 Å². The molecule has 1 saturated carbocycles. The zero-order valence-electron chi connectivity index (χ0n) is 23.6. The highest BCUT2D eigenvalue weighted by atomic mass is 16.2. The molecule has 0 aliphatic heterocycles. The Balaban J connectivity index is 1.58. The van der Waals surface area contributed by atoms with E-state index >= 15 is 0 Å². The Morgan fingerprint density at radius 1 is 0.925 bits per heavy atom. The lowest BCUT2D eigenvalue weighted by molar-refractivity contribution is -0.127. The van der Waals surface area contributed by atoms with Gasteiger partial charge in [0.05, 0.1) is 0 Å². The summed E-state index contributed by atoms with van der Waals surface area (Å²) in [4.78, 5) is 46.1. The van der Waals surface area contributed by atoms with E-state index in [2.05, 4.69) is 22.5 Å². The molecule has 1 aromatic heterocycles. The molecular weight excluding hydrogens is 500 g/mol. The first-order chi connectivity index (χ1) is 19.4. The summed E-state index contributed by atoms with van der Waals surface area (Å²) < 4.78 is 0. The molecule has 1 aliphatic carbocycles. The molecule has 2 aromatic carbocycles. The van der Waals surface area contributed by atoms with E-state index in [1.807, 2.05) is 55.5 Å². The van der Waals surface area contributed by atoms with E-state index in [0.29, 0.717) is 17.9 Å². The van der Waals surface area contributed by atoms with E-state index < -0.39 is 6.04 Å². The molecule has 1 heterocycles. The average molecular weight is 541 g/mol. The third-order valence-electron chi connectivity index (χ3n) is 7.47. The number of hydrogen-bond donors (Lipinski definition) is 2. The van der Waals surface area contributed by atoms with E-state index in [9.17, 15) is 14.4 Å². The number of carbonyl (C=O) groups is 3. The molecular formula is C33H40N4O3. The van der Waals surface area contributed by atoms with Crippen LogP contribution in [-0.2, 0) is 20.8 Å². The first kappa shape index (κ1) is 29.0. The van der Waals surface area contributed by atoms with Crippen LogP contribution in [0.1, 0.15) is 81.0 Å². The lowest BCUT2D eigenvalue weighted by atomic mass is 9.94. The number of hydrogen-bond acceptors (Lipinski definition) is 4. The molecule has 1 aliphatic rings. The van der Waals surface area contributed by atoms with Crippen molar-refractivity contribution in [3.05, 3.63) is 89.6 Å². The number of aromatic nitrogens is 1. The molecule has 3 aromatic rings. The van der Waals surface area contributed by atoms with Crippen LogP contribution in [0.4, 0.5) is 11.5 Å². The van der Waals surface area contributed by atoms with E-state index in [0.717, 1.165) is 48.8 Å². The maximum atomic E-state index is 13.9. The molecule has 1 atom stereocenters. The number of aryl methyl sites for hydroxylation is 2. The molecule has 4 rings (SSSR count). The highest BCUT2D eigenvalue weighted by Gasteiger charge is 2.34. The number of pyridine rings is 1. The quantitative estimate of drug-likeness (QED) is 0.299. The van der Waals surface area contributed by atoms with Gasteiger partial charge in [0.1, 0.15) is 11.9 Å². The Morgan fingerprint density at radius 2 is 1.65 bits per heavy atom. The van der Waals surface area contributed by atoms with Gasteiger partial charge in [-0.25, -0.2) is 4.98 Å². The number of anilines is 2. The number of carbonyl (C=O) groups excluding carboxylic acids is 3. The third-order valence-corrected chi connectivity index (χ3v) is 7.47. The second-order valence-electron chi connectivity index (χ2n) is 10.6. The molecule has 0 radical (unpaired) electrons. The fourth-order valence-corrected chi connectivity index (χ4v) is 5.19. The second kappa shape index (κ2) is 14.4. The summed E-state index contributed by atoms with van der Waals surface area (Å²) in [5.74, 6) is -0.0819. The fourth-order valence-electron chi connectivity index (χ4n) is 5.19. The van der Waals surface area contributed by atoms with E-state index in [1.54, 1.807) is 29.3 Å². The zero-order chi connectivity index (χ0) is 28.3. The first-order valence-electron chi connectivity index (χ1n) is 14.4. The predicted octanol–water partition coefficient (Wildman–Crippen LogP) is 6.28. The Hall–Kier alpha value is -4.00. The summed E-state index contributed by atoms with van der Waals surface area (Å²) in [5, 5.41) is 6.03. The number of benzene rings is 2. The summed E-state index contributed by atoms with van der Waals surface area (Å²) in [6.45, 7) is 4.09. The maximum Gasteiger partial charge on any atom is 0.248 e. The van der Waals surface area contributed by atoms with Crippen LogP contribution in [0.5, 0.6) is 0 Å². The van der Waals surface area contributed by atoms with Crippen LogP contribution >= 0.6 is 0 Å². The molecule has 1 unspecified atom stereocenters. The van der Waals surface area contributed by atoms with Crippen molar-refractivity contribution in [1.29, 1.82) is 0 Å². The van der Waals surface area contributed by atoms with Crippen molar-refractivity contribution in [3.63, 3.8) is 0 Å². The van der Waals surface area contributed by atoms with Crippen LogP contribution in [0.3, 0.4) is 0 Å². The average Bonchev–Trinajstić information content (AvgIpc) is 2.97. The fraction of sp³-hybridized carbons (Fsp3) is 0.394. The number of amides is 3. The Labute approximate surface area is 237 Å². The number of nitrogens with zero attached hydrogens (tertiary/aromatic N) is 2. The Morgan fingerprint density at radius 3 is 2.30 bits per heavy atom. The van der Waals surface area contributed by atoms with Gasteiger partial charge in [-0.1, -0.05) is 74.2 Å². The lowest BCUT2D eigenvalue weighted by Gasteiger charge is -2.33. The second-order valence-corrected chi connectivity index (χ2v) is 10.6. The number of nitrogens with one attached hydrogen (secondary N) is 2. The highest BCUT2D eigenvalue weighted by Crippen LogP contribution is 2.31. The molecule has 7 heteroatoms. The molecule has 40 heavy (non-hydrogen) atoms. The molecule has 1 fully saturated rings. The SMILES string of the molecule is CCc1ccc(N(C(=O)CCCC(=O)Nc2ccccn2)C(C(=O)NC2CCCCC2)c2ccc(C)cc2)cc1. The normalized spacial score (nSPS) is 14.2. The standard InChI is InChI=1S/C33H40N4O3/c1-3-25-17-21-28(22-18-25)37(31(39)14-9-13-30(38)36-29-12-7-8-23-34-29)32(26-19-15-24(2)16-20-26)33(40)35-27-10-5-4-6-11-27/h7-8,12,15-23,27,32H,3-6,9-11,13-14H2,1-2H3,(H,35,40)(H,34,36,38). The summed E-state index contributed by atoms with van der Waals surface area (Å²) in [7, 11) is 0. The van der Waals surface area contributed by atoms with Crippen LogP contribution in [0.25, 0.3) is 0 Å². The molecule has 0 spiro atoms. The van der Waals surface area contributed by atoms with Crippen molar-refractivity contribution in [2.45, 2.75) is 83.7 Å². The van der Waals surface area contributed by atoms with Crippen molar-refractivity contribution < 1.29 is 14.4 Å². The molecule has 0 saturated heterocycles. The van der Waals surface area contributed by atoms with E-state index in [1.165, 1.54) is 6.42 Å². The van der Waals surface area contributed by atoms with Crippen LogP contribution < -0.4 is 15.5 Å². The van der Waals surface area contributed by atoms with Crippen molar-refractivity contribution in [1.82, 2.24) is 10.3 Å². The van der Waals surface area contributed by atoms with Crippen LogP contribution in [0, 0.1) is 6.92 Å². The molecule has 7 nitrogen and oxygen atoms in total. The van der Waals surface area contributed by atoms with Gasteiger partial charge in [0.25, 0.3) is 0 Å².